The summed E-state index contributed by atoms with van der Waals surface area (Å²) in [5.74, 6) is -0.354. The molecule has 7 nitrogen and oxygen atoms in total. The number of nitrogens with one attached hydrogen (secondary N) is 2. The Bertz CT molecular complexity index is 334. The zero-order valence-corrected chi connectivity index (χ0v) is 12.6. The Morgan fingerprint density at radius 3 is 2.80 bits per heavy atom. The summed E-state index contributed by atoms with van der Waals surface area (Å²) in [4.78, 5) is 22.8. The number of carboxylic acid groups (broad SMARTS) is 1. The van der Waals surface area contributed by atoms with Crippen LogP contribution in [0.4, 0.5) is 4.79 Å². The van der Waals surface area contributed by atoms with Gasteiger partial charge in [-0.3, -0.25) is 0 Å². The average molecular weight is 306 g/mol. The van der Waals surface area contributed by atoms with Gasteiger partial charge in [-0.05, 0) is 18.4 Å². The number of hydrogen-bond acceptors (Lipinski definition) is 5. The van der Waals surface area contributed by atoms with Crippen LogP contribution in [0.1, 0.15) is 12.8 Å². The molecule has 1 aliphatic rings. The van der Waals surface area contributed by atoms with Crippen molar-refractivity contribution in [2.45, 2.75) is 24.5 Å². The van der Waals surface area contributed by atoms with Crippen molar-refractivity contribution in [3.8, 4) is 0 Å². The highest BCUT2D eigenvalue weighted by atomic mass is 32.2. The monoisotopic (exact) mass is 306 g/mol. The molecule has 2 amide bonds. The van der Waals surface area contributed by atoms with Crippen LogP contribution in [0.15, 0.2) is 0 Å². The Balaban J connectivity index is 2.39. The first-order valence-corrected chi connectivity index (χ1v) is 7.81. The lowest BCUT2D eigenvalue weighted by Gasteiger charge is -2.26. The molecule has 1 heterocycles. The van der Waals surface area contributed by atoms with E-state index in [-0.39, 0.29) is 0 Å². The number of rotatable bonds is 8. The number of hydrogen-bond donors (Lipinski definition) is 3. The maximum Gasteiger partial charge on any atom is 0.326 e. The Labute approximate surface area is 122 Å². The molecule has 1 saturated heterocycles. The van der Waals surface area contributed by atoms with Gasteiger partial charge in [-0.2, -0.15) is 11.8 Å². The molecule has 0 saturated carbocycles. The Morgan fingerprint density at radius 1 is 1.55 bits per heavy atom. The van der Waals surface area contributed by atoms with Gasteiger partial charge in [-0.25, -0.2) is 9.59 Å². The quantitative estimate of drug-likeness (QED) is 0.597. The van der Waals surface area contributed by atoms with Crippen LogP contribution in [-0.4, -0.2) is 67.6 Å². The van der Waals surface area contributed by atoms with Crippen LogP contribution >= 0.6 is 11.8 Å². The number of aliphatic carboxylic acids is 1. The fourth-order valence-electron chi connectivity index (χ4n) is 1.90. The molecule has 0 radical (unpaired) electrons. The molecule has 116 valence electrons. The van der Waals surface area contributed by atoms with Gasteiger partial charge in [0.2, 0.25) is 0 Å². The zero-order valence-electron chi connectivity index (χ0n) is 11.8. The fraction of sp³-hybridized carbons (Fsp3) is 0.833. The second kappa shape index (κ2) is 8.33. The van der Waals surface area contributed by atoms with Gasteiger partial charge in [0.25, 0.3) is 0 Å². The summed E-state index contributed by atoms with van der Waals surface area (Å²) in [7, 11) is 1.58. The summed E-state index contributed by atoms with van der Waals surface area (Å²) in [5, 5.41) is 14.1. The highest BCUT2D eigenvalue weighted by Gasteiger charge is 2.35. The van der Waals surface area contributed by atoms with Crippen LogP contribution in [0.2, 0.25) is 0 Å². The number of methoxy groups -OCH3 is 1. The van der Waals surface area contributed by atoms with Crippen molar-refractivity contribution in [3.63, 3.8) is 0 Å². The third-order valence-electron chi connectivity index (χ3n) is 3.29. The zero-order chi connectivity index (χ0) is 15.0. The first-order valence-electron chi connectivity index (χ1n) is 6.42. The maximum absolute atomic E-state index is 11.7. The molecular formula is C12H22N2O5S. The number of urea groups is 1. The molecule has 0 aliphatic carbocycles. The molecule has 8 heteroatoms. The Hall–Kier alpha value is -0.990. The molecule has 0 spiro atoms. The van der Waals surface area contributed by atoms with Crippen molar-refractivity contribution < 1.29 is 24.2 Å². The van der Waals surface area contributed by atoms with E-state index in [9.17, 15) is 9.59 Å². The minimum absolute atomic E-state index is 0.296. The van der Waals surface area contributed by atoms with Crippen molar-refractivity contribution in [1.29, 1.82) is 0 Å². The van der Waals surface area contributed by atoms with E-state index in [0.29, 0.717) is 38.4 Å². The molecule has 1 fully saturated rings. The lowest BCUT2D eigenvalue weighted by molar-refractivity contribution is -0.139. The van der Waals surface area contributed by atoms with E-state index in [4.69, 9.17) is 14.6 Å². The van der Waals surface area contributed by atoms with Crippen molar-refractivity contribution in [3.05, 3.63) is 0 Å². The smallest absolute Gasteiger partial charge is 0.326 e. The molecule has 3 N–H and O–H groups in total. The Morgan fingerprint density at radius 2 is 2.30 bits per heavy atom. The van der Waals surface area contributed by atoms with Crippen LogP contribution in [0.25, 0.3) is 0 Å². The lowest BCUT2D eigenvalue weighted by Crippen LogP contribution is -2.51. The van der Waals surface area contributed by atoms with Gasteiger partial charge >= 0.3 is 12.0 Å². The van der Waals surface area contributed by atoms with E-state index in [2.05, 4.69) is 10.6 Å². The lowest BCUT2D eigenvalue weighted by atomic mass is 10.0. The number of ether oxygens (including phenoxy) is 2. The van der Waals surface area contributed by atoms with E-state index >= 15 is 0 Å². The second-order valence-corrected chi connectivity index (χ2v) is 5.67. The molecule has 1 aliphatic heterocycles. The summed E-state index contributed by atoms with van der Waals surface area (Å²) in [6, 6.07) is -1.37. The van der Waals surface area contributed by atoms with Crippen LogP contribution in [-0.2, 0) is 14.3 Å². The predicted octanol–water partition coefficient (Wildman–Crippen LogP) is 0.297. The van der Waals surface area contributed by atoms with E-state index < -0.39 is 23.6 Å². The maximum atomic E-state index is 11.7. The first kappa shape index (κ1) is 17.1. The molecule has 0 aromatic rings. The van der Waals surface area contributed by atoms with E-state index in [1.807, 2.05) is 6.26 Å². The van der Waals surface area contributed by atoms with Crippen molar-refractivity contribution in [2.75, 3.05) is 38.9 Å². The SMILES string of the molecule is COC1(CNC(=O)NC(CCSC)C(=O)O)CCOC1. The third-order valence-corrected chi connectivity index (χ3v) is 3.93. The summed E-state index contributed by atoms with van der Waals surface area (Å²) >= 11 is 1.54. The molecule has 0 bridgehead atoms. The highest BCUT2D eigenvalue weighted by Crippen LogP contribution is 2.21. The van der Waals surface area contributed by atoms with Crippen LogP contribution in [0.3, 0.4) is 0 Å². The molecule has 0 aromatic carbocycles. The highest BCUT2D eigenvalue weighted by molar-refractivity contribution is 7.98. The van der Waals surface area contributed by atoms with Gasteiger partial charge in [0.05, 0.1) is 13.2 Å². The summed E-state index contributed by atoms with van der Waals surface area (Å²) in [6.45, 7) is 1.32. The number of amides is 2. The van der Waals surface area contributed by atoms with Gasteiger partial charge in [0.1, 0.15) is 11.6 Å². The number of thioether (sulfide) groups is 1. The van der Waals surface area contributed by atoms with E-state index in [1.54, 1.807) is 7.11 Å². The minimum Gasteiger partial charge on any atom is -0.480 e. The molecular weight excluding hydrogens is 284 g/mol. The fourth-order valence-corrected chi connectivity index (χ4v) is 2.38. The van der Waals surface area contributed by atoms with Crippen molar-refractivity contribution in [2.24, 2.45) is 0 Å². The summed E-state index contributed by atoms with van der Waals surface area (Å²) in [6.07, 6.45) is 2.99. The largest absolute Gasteiger partial charge is 0.480 e. The number of carbonyl (C=O) groups is 2. The van der Waals surface area contributed by atoms with Gasteiger partial charge in [-0.1, -0.05) is 0 Å². The van der Waals surface area contributed by atoms with Crippen LogP contribution in [0, 0.1) is 0 Å². The second-order valence-electron chi connectivity index (χ2n) is 4.69. The van der Waals surface area contributed by atoms with Gasteiger partial charge < -0.3 is 25.2 Å². The van der Waals surface area contributed by atoms with Gasteiger partial charge in [0, 0.05) is 20.1 Å². The van der Waals surface area contributed by atoms with Crippen molar-refractivity contribution >= 4 is 23.8 Å². The first-order chi connectivity index (χ1) is 9.53. The topological polar surface area (TPSA) is 96.9 Å². The van der Waals surface area contributed by atoms with Crippen molar-refractivity contribution in [1.82, 2.24) is 10.6 Å². The molecule has 2 unspecified atom stereocenters. The van der Waals surface area contributed by atoms with E-state index in [0.717, 1.165) is 0 Å². The molecule has 2 atom stereocenters. The number of carboxylic acids is 1. The predicted molar refractivity (Wildman–Crippen MR) is 76.1 cm³/mol. The minimum atomic E-state index is -1.03. The summed E-state index contributed by atoms with van der Waals surface area (Å²) < 4.78 is 10.6. The number of carbonyl (C=O) groups excluding carboxylic acids is 1. The normalized spacial score (nSPS) is 23.3. The molecule has 20 heavy (non-hydrogen) atoms. The van der Waals surface area contributed by atoms with Crippen LogP contribution < -0.4 is 10.6 Å². The molecule has 0 aromatic heterocycles. The molecule has 1 rings (SSSR count). The van der Waals surface area contributed by atoms with Crippen LogP contribution in [0.5, 0.6) is 0 Å². The van der Waals surface area contributed by atoms with E-state index in [1.165, 1.54) is 11.8 Å². The van der Waals surface area contributed by atoms with Gasteiger partial charge in [0.15, 0.2) is 0 Å². The third kappa shape index (κ3) is 5.18. The summed E-state index contributed by atoms with van der Waals surface area (Å²) in [5.41, 5.74) is -0.505. The Kier molecular flexibility index (Phi) is 7.11. The average Bonchev–Trinajstić information content (AvgIpc) is 2.90. The van der Waals surface area contributed by atoms with Gasteiger partial charge in [-0.15, -0.1) is 0 Å². The standard InChI is InChI=1S/C12H22N2O5S/c1-18-12(4-5-19-8-12)7-13-11(17)14-9(10(15)16)3-6-20-2/h9H,3-8H2,1-2H3,(H,15,16)(H2,13,14,17).